The summed E-state index contributed by atoms with van der Waals surface area (Å²) in [6.45, 7) is 4.94. The molecule has 2 aromatic heterocycles. The first-order valence-corrected chi connectivity index (χ1v) is 11.0. The Morgan fingerprint density at radius 2 is 2.10 bits per heavy atom. The highest BCUT2D eigenvalue weighted by molar-refractivity contribution is 7.19. The molecular weight excluding hydrogens is 384 g/mol. The molecule has 0 bridgehead atoms. The fraction of sp³-hybridized carbons (Fsp3) is 0.429. The van der Waals surface area contributed by atoms with Gasteiger partial charge in [-0.1, -0.05) is 29.5 Å². The third kappa shape index (κ3) is 3.47. The number of carbonyl (C=O) groups excluding carboxylic acids is 1. The molecule has 3 aromatic rings. The van der Waals surface area contributed by atoms with E-state index in [0.29, 0.717) is 23.0 Å². The summed E-state index contributed by atoms with van der Waals surface area (Å²) in [6.07, 6.45) is 4.74. The van der Waals surface area contributed by atoms with Gasteiger partial charge in [-0.25, -0.2) is 15.0 Å². The first kappa shape index (κ1) is 18.4. The van der Waals surface area contributed by atoms with Crippen LogP contribution in [0, 0.1) is 5.92 Å². The second-order valence-corrected chi connectivity index (χ2v) is 8.80. The fourth-order valence-electron chi connectivity index (χ4n) is 4.30. The average Bonchev–Trinajstić information content (AvgIpc) is 3.33. The maximum atomic E-state index is 12.7. The van der Waals surface area contributed by atoms with Gasteiger partial charge in [0, 0.05) is 18.3 Å². The second kappa shape index (κ2) is 7.68. The zero-order valence-corrected chi connectivity index (χ0v) is 17.2. The molecule has 150 valence electrons. The number of fused-ring (bicyclic) bond motifs is 2. The number of hydrogen-bond acceptors (Lipinski definition) is 7. The van der Waals surface area contributed by atoms with Crippen LogP contribution in [0.15, 0.2) is 30.6 Å². The predicted octanol–water partition coefficient (Wildman–Crippen LogP) is 2.90. The van der Waals surface area contributed by atoms with Crippen LogP contribution in [0.1, 0.15) is 35.1 Å². The summed E-state index contributed by atoms with van der Waals surface area (Å²) in [5.74, 6) is 1.19. The van der Waals surface area contributed by atoms with Crippen LogP contribution >= 0.6 is 11.3 Å². The lowest BCUT2D eigenvalue weighted by Crippen LogP contribution is -2.35. The number of rotatable bonds is 4. The molecule has 8 heteroatoms. The zero-order valence-electron chi connectivity index (χ0n) is 16.4. The van der Waals surface area contributed by atoms with E-state index >= 15 is 0 Å². The molecule has 0 saturated carbocycles. The van der Waals surface area contributed by atoms with Gasteiger partial charge in [-0.2, -0.15) is 0 Å². The molecule has 2 N–H and O–H groups in total. The number of nitrogens with zero attached hydrogens (tertiary/aromatic N) is 4. The molecule has 0 unspecified atom stereocenters. The number of carbonyl (C=O) groups is 1. The van der Waals surface area contributed by atoms with Crippen molar-refractivity contribution in [3.05, 3.63) is 41.2 Å². The van der Waals surface area contributed by atoms with Gasteiger partial charge in [0.15, 0.2) is 10.8 Å². The lowest BCUT2D eigenvalue weighted by Gasteiger charge is -2.23. The molecule has 2 aliphatic heterocycles. The number of aromatic nitrogens is 3. The summed E-state index contributed by atoms with van der Waals surface area (Å²) in [6, 6.07) is 8.67. The molecule has 1 saturated heterocycles. The average molecular weight is 409 g/mol. The Labute approximate surface area is 173 Å². The van der Waals surface area contributed by atoms with Gasteiger partial charge >= 0.3 is 0 Å². The number of thiazole rings is 1. The van der Waals surface area contributed by atoms with Crippen molar-refractivity contribution < 1.29 is 4.79 Å². The molecule has 0 aliphatic carbocycles. The van der Waals surface area contributed by atoms with E-state index in [-0.39, 0.29) is 11.9 Å². The van der Waals surface area contributed by atoms with Crippen LogP contribution in [0.25, 0.3) is 10.3 Å². The normalized spacial score (nSPS) is 19.5. The lowest BCUT2D eigenvalue weighted by molar-refractivity contribution is 0.0944. The highest BCUT2D eigenvalue weighted by atomic mass is 32.1. The van der Waals surface area contributed by atoms with Gasteiger partial charge in [-0.05, 0) is 56.8 Å². The molecule has 2 aliphatic rings. The summed E-state index contributed by atoms with van der Waals surface area (Å²) >= 11 is 1.33. The first-order chi connectivity index (χ1) is 14.2. The van der Waals surface area contributed by atoms with Crippen LogP contribution < -0.4 is 15.5 Å². The topological polar surface area (TPSA) is 83.0 Å². The van der Waals surface area contributed by atoms with Gasteiger partial charge in [-0.15, -0.1) is 0 Å². The number of nitrogens with one attached hydrogen (secondary N) is 2. The van der Waals surface area contributed by atoms with Crippen molar-refractivity contribution in [2.75, 3.05) is 24.5 Å². The zero-order chi connectivity index (χ0) is 19.8. The molecule has 1 amide bonds. The molecule has 0 spiro atoms. The molecular formula is C21H24N6OS. The van der Waals surface area contributed by atoms with E-state index in [4.69, 9.17) is 0 Å². The fourth-order valence-corrected chi connectivity index (χ4v) is 5.12. The predicted molar refractivity (Wildman–Crippen MR) is 115 cm³/mol. The van der Waals surface area contributed by atoms with E-state index < -0.39 is 0 Å². The van der Waals surface area contributed by atoms with Crippen molar-refractivity contribution in [3.63, 3.8) is 0 Å². The largest absolute Gasteiger partial charge is 0.350 e. The van der Waals surface area contributed by atoms with Gasteiger partial charge < -0.3 is 15.5 Å². The van der Waals surface area contributed by atoms with Crippen LogP contribution in [-0.2, 0) is 6.42 Å². The molecule has 0 radical (unpaired) electrons. The third-order valence-electron chi connectivity index (χ3n) is 5.82. The van der Waals surface area contributed by atoms with Crippen molar-refractivity contribution in [3.8, 4) is 0 Å². The second-order valence-electron chi connectivity index (χ2n) is 7.83. The monoisotopic (exact) mass is 408 g/mol. The molecule has 1 fully saturated rings. The Kier molecular flexibility index (Phi) is 4.89. The highest BCUT2D eigenvalue weighted by Crippen LogP contribution is 2.40. The third-order valence-corrected chi connectivity index (χ3v) is 6.78. The number of amides is 1. The minimum absolute atomic E-state index is 0.118. The van der Waals surface area contributed by atoms with Crippen LogP contribution in [0.2, 0.25) is 0 Å². The van der Waals surface area contributed by atoms with Gasteiger partial charge in [0.25, 0.3) is 5.91 Å². The van der Waals surface area contributed by atoms with E-state index in [2.05, 4.69) is 55.6 Å². The molecule has 4 heterocycles. The van der Waals surface area contributed by atoms with Gasteiger partial charge in [0.05, 0.1) is 0 Å². The number of piperidine rings is 1. The van der Waals surface area contributed by atoms with Crippen LogP contribution in [0.5, 0.6) is 0 Å². The van der Waals surface area contributed by atoms with Gasteiger partial charge in [0.2, 0.25) is 0 Å². The van der Waals surface area contributed by atoms with E-state index in [1.807, 2.05) is 6.07 Å². The van der Waals surface area contributed by atoms with E-state index in [0.717, 1.165) is 48.7 Å². The standard InChI is InChI=1S/C21H24N6OS/c1-13-10-15-4-2-3-5-16(15)27(13)18-17-20(25-12-24-18)29-21(26-17)19(28)23-11-14-6-8-22-9-7-14/h2-5,12-14,22H,6-11H2,1H3,(H,23,28)/t13-/m1/s1. The minimum Gasteiger partial charge on any atom is -0.350 e. The SMILES string of the molecule is C[C@@H]1Cc2ccccc2N1c1ncnc2sc(C(=O)NCC3CCNCC3)nc12. The lowest BCUT2D eigenvalue weighted by atomic mass is 9.98. The van der Waals surface area contributed by atoms with Crippen molar-refractivity contribution in [1.82, 2.24) is 25.6 Å². The summed E-state index contributed by atoms with van der Waals surface area (Å²) in [5.41, 5.74) is 3.17. The summed E-state index contributed by atoms with van der Waals surface area (Å²) in [5, 5.41) is 6.87. The Morgan fingerprint density at radius 1 is 1.28 bits per heavy atom. The van der Waals surface area contributed by atoms with Crippen molar-refractivity contribution in [2.24, 2.45) is 5.92 Å². The maximum absolute atomic E-state index is 12.7. The Morgan fingerprint density at radius 3 is 2.97 bits per heavy atom. The van der Waals surface area contributed by atoms with E-state index in [9.17, 15) is 4.79 Å². The van der Waals surface area contributed by atoms with Gasteiger partial charge in [-0.3, -0.25) is 4.79 Å². The molecule has 7 nitrogen and oxygen atoms in total. The maximum Gasteiger partial charge on any atom is 0.280 e. The summed E-state index contributed by atoms with van der Waals surface area (Å²) in [7, 11) is 0. The van der Waals surface area contributed by atoms with E-state index in [1.54, 1.807) is 6.33 Å². The molecule has 1 atom stereocenters. The quantitative estimate of drug-likeness (QED) is 0.691. The number of anilines is 2. The Hall–Kier alpha value is -2.58. The van der Waals surface area contributed by atoms with Crippen LogP contribution in [0.4, 0.5) is 11.5 Å². The van der Waals surface area contributed by atoms with Crippen LogP contribution in [-0.4, -0.2) is 46.5 Å². The van der Waals surface area contributed by atoms with Crippen molar-refractivity contribution >= 4 is 39.1 Å². The minimum atomic E-state index is -0.118. The number of hydrogen-bond donors (Lipinski definition) is 2. The van der Waals surface area contributed by atoms with Crippen molar-refractivity contribution in [1.29, 1.82) is 0 Å². The Balaban J connectivity index is 1.42. The Bertz CT molecular complexity index is 1040. The summed E-state index contributed by atoms with van der Waals surface area (Å²) in [4.78, 5) is 29.3. The molecule has 29 heavy (non-hydrogen) atoms. The first-order valence-electron chi connectivity index (χ1n) is 10.2. The summed E-state index contributed by atoms with van der Waals surface area (Å²) < 4.78 is 0. The smallest absolute Gasteiger partial charge is 0.280 e. The molecule has 1 aromatic carbocycles. The van der Waals surface area contributed by atoms with Crippen LogP contribution in [0.3, 0.4) is 0 Å². The highest BCUT2D eigenvalue weighted by Gasteiger charge is 2.30. The number of para-hydroxylation sites is 1. The van der Waals surface area contributed by atoms with Gasteiger partial charge in [0.1, 0.15) is 16.7 Å². The number of benzene rings is 1. The van der Waals surface area contributed by atoms with E-state index in [1.165, 1.54) is 16.9 Å². The molecule has 5 rings (SSSR count). The van der Waals surface area contributed by atoms with Crippen molar-refractivity contribution in [2.45, 2.75) is 32.2 Å².